The van der Waals surface area contributed by atoms with Gasteiger partial charge in [-0.1, -0.05) is 0 Å². The van der Waals surface area contributed by atoms with Crippen molar-refractivity contribution in [1.29, 1.82) is 0 Å². The van der Waals surface area contributed by atoms with Gasteiger partial charge in [-0.2, -0.15) is 10.2 Å². The summed E-state index contributed by atoms with van der Waals surface area (Å²) in [5.41, 5.74) is 4.94. The first-order valence-electron chi connectivity index (χ1n) is 8.71. The van der Waals surface area contributed by atoms with Gasteiger partial charge in [-0.25, -0.2) is 9.18 Å². The molecule has 0 radical (unpaired) electrons. The van der Waals surface area contributed by atoms with E-state index in [-0.39, 0.29) is 11.8 Å². The Morgan fingerprint density at radius 3 is 2.64 bits per heavy atom. The molecule has 0 aliphatic carbocycles. The summed E-state index contributed by atoms with van der Waals surface area (Å²) < 4.78 is 24.7. The first-order valence-corrected chi connectivity index (χ1v) is 8.71. The average molecular weight is 396 g/mol. The number of aryl methyl sites for hydroxylation is 1. The van der Waals surface area contributed by atoms with E-state index < -0.39 is 23.4 Å². The van der Waals surface area contributed by atoms with E-state index in [0.717, 1.165) is 31.3 Å². The Hall–Kier alpha value is -2.95. The highest BCUT2D eigenvalue weighted by Crippen LogP contribution is 2.28. The molecule has 0 bridgehead atoms. The lowest BCUT2D eigenvalue weighted by Gasteiger charge is -2.16. The Labute approximate surface area is 161 Å². The Kier molecular flexibility index (Phi) is 6.73. The molecule has 3 rings (SSSR count). The average Bonchev–Trinajstić information content (AvgIpc) is 3.26. The zero-order valence-corrected chi connectivity index (χ0v) is 16.3. The van der Waals surface area contributed by atoms with Gasteiger partial charge in [-0.3, -0.25) is 14.6 Å². The summed E-state index contributed by atoms with van der Waals surface area (Å²) in [6.45, 7) is 6.01. The zero-order chi connectivity index (χ0) is 20.9. The van der Waals surface area contributed by atoms with Crippen molar-refractivity contribution in [2.24, 2.45) is 12.8 Å². The van der Waals surface area contributed by atoms with E-state index in [1.807, 2.05) is 0 Å². The number of aromatic amines is 1. The van der Waals surface area contributed by atoms with Gasteiger partial charge in [-0.15, -0.1) is 0 Å². The molecule has 1 unspecified atom stereocenters. The maximum atomic E-state index is 13.4. The van der Waals surface area contributed by atoms with Crippen molar-refractivity contribution in [2.75, 3.05) is 11.9 Å². The van der Waals surface area contributed by atoms with Crippen molar-refractivity contribution < 1.29 is 23.5 Å². The maximum Gasteiger partial charge on any atom is 0.405 e. The monoisotopic (exact) mass is 396 g/mol. The molecule has 1 saturated heterocycles. The third kappa shape index (κ3) is 6.05. The van der Waals surface area contributed by atoms with Gasteiger partial charge >= 0.3 is 6.09 Å². The third-order valence-electron chi connectivity index (χ3n) is 3.63. The van der Waals surface area contributed by atoms with Gasteiger partial charge in [-0.05, 0) is 33.6 Å². The van der Waals surface area contributed by atoms with Crippen LogP contribution in [0.3, 0.4) is 0 Å². The van der Waals surface area contributed by atoms with E-state index in [9.17, 15) is 14.0 Å². The zero-order valence-electron chi connectivity index (χ0n) is 16.3. The molecule has 154 valence electrons. The lowest BCUT2D eigenvalue weighted by Crippen LogP contribution is -2.27. The summed E-state index contributed by atoms with van der Waals surface area (Å²) >= 11 is 0. The molecule has 2 amide bonds. The number of nitrogens with zero attached hydrogens (tertiary/aromatic N) is 3. The predicted octanol–water partition coefficient (Wildman–Crippen LogP) is 2.27. The van der Waals surface area contributed by atoms with E-state index in [0.29, 0.717) is 5.82 Å². The van der Waals surface area contributed by atoms with Crippen molar-refractivity contribution in [2.45, 2.75) is 45.3 Å². The Morgan fingerprint density at radius 1 is 1.46 bits per heavy atom. The molecule has 11 heteroatoms. The number of hydrogen-bond donors (Lipinski definition) is 3. The van der Waals surface area contributed by atoms with Gasteiger partial charge in [0.1, 0.15) is 5.60 Å². The van der Waals surface area contributed by atoms with Gasteiger partial charge in [0, 0.05) is 19.7 Å². The van der Waals surface area contributed by atoms with Crippen LogP contribution in [0.2, 0.25) is 0 Å². The molecule has 2 aromatic heterocycles. The summed E-state index contributed by atoms with van der Waals surface area (Å²) in [7, 11) is 1.50. The molecule has 0 saturated carbocycles. The third-order valence-corrected chi connectivity index (χ3v) is 3.63. The number of nitrogens with two attached hydrogens (primary N) is 1. The number of aromatic nitrogens is 4. The first-order chi connectivity index (χ1) is 13.1. The Bertz CT molecular complexity index is 800. The van der Waals surface area contributed by atoms with Gasteiger partial charge in [0.15, 0.2) is 17.3 Å². The quantitative estimate of drug-likeness (QED) is 0.728. The summed E-state index contributed by atoms with van der Waals surface area (Å²) in [5.74, 6) is -0.922. The van der Waals surface area contributed by atoms with Gasteiger partial charge in [0.05, 0.1) is 18.0 Å². The fourth-order valence-electron chi connectivity index (χ4n) is 2.53. The minimum atomic E-state index is -0.725. The number of primary amides is 1. The number of nitrogens with one attached hydrogen (secondary N) is 2. The minimum absolute atomic E-state index is 0.0124. The molecule has 0 aromatic carbocycles. The summed E-state index contributed by atoms with van der Waals surface area (Å²) in [5, 5.41) is 13.0. The number of carbonyl (C=O) groups excluding carboxylic acids is 2. The molecule has 1 fully saturated rings. The largest absolute Gasteiger partial charge is 0.444 e. The number of carbonyl (C=O) groups is 2. The molecule has 4 N–H and O–H groups in total. The van der Waals surface area contributed by atoms with Crippen molar-refractivity contribution >= 4 is 17.8 Å². The van der Waals surface area contributed by atoms with Crippen molar-refractivity contribution in [3.63, 3.8) is 0 Å². The van der Waals surface area contributed by atoms with E-state index in [1.165, 1.54) is 11.7 Å². The number of H-pyrrole nitrogens is 1. The van der Waals surface area contributed by atoms with Crippen LogP contribution in [0.5, 0.6) is 0 Å². The number of halogens is 1. The van der Waals surface area contributed by atoms with Crippen molar-refractivity contribution in [3.05, 3.63) is 29.5 Å². The molecule has 1 aliphatic rings. The highest BCUT2D eigenvalue weighted by atomic mass is 19.1. The van der Waals surface area contributed by atoms with Crippen LogP contribution in [-0.4, -0.2) is 44.2 Å². The summed E-state index contributed by atoms with van der Waals surface area (Å²) in [6, 6.07) is 1.70. The van der Waals surface area contributed by atoms with E-state index in [1.54, 1.807) is 26.8 Å². The van der Waals surface area contributed by atoms with Crippen LogP contribution in [0.4, 0.5) is 15.0 Å². The number of rotatable bonds is 3. The number of ether oxygens (including phenoxy) is 2. The SMILES string of the molecule is CC(C)(C)OC(N)=O.Cn1ncc(F)c1C(=O)Nc1cc(C2CCCO2)[nH]n1. The molecule has 1 aliphatic heterocycles. The molecular formula is C17H25FN6O4. The van der Waals surface area contributed by atoms with Crippen LogP contribution < -0.4 is 11.1 Å². The minimum Gasteiger partial charge on any atom is -0.444 e. The van der Waals surface area contributed by atoms with Crippen LogP contribution in [0, 0.1) is 5.82 Å². The second-order valence-corrected chi connectivity index (χ2v) is 7.16. The number of anilines is 1. The standard InChI is InChI=1S/C12H14FN5O2.C5H11NO2/c1-18-11(7(13)6-14-18)12(19)15-10-5-8(16-17-10)9-3-2-4-20-9;1-5(2,3)8-4(6)7/h5-6,9H,2-4H2,1H3,(H2,15,16,17,19);1-3H3,(H2,6,7). The van der Waals surface area contributed by atoms with Crippen LogP contribution in [0.1, 0.15) is 55.9 Å². The maximum absolute atomic E-state index is 13.4. The second-order valence-electron chi connectivity index (χ2n) is 7.16. The molecule has 0 spiro atoms. The smallest absolute Gasteiger partial charge is 0.405 e. The Morgan fingerprint density at radius 2 is 2.18 bits per heavy atom. The van der Waals surface area contributed by atoms with Crippen LogP contribution in [-0.2, 0) is 16.5 Å². The van der Waals surface area contributed by atoms with Crippen LogP contribution >= 0.6 is 0 Å². The number of amides is 2. The van der Waals surface area contributed by atoms with E-state index >= 15 is 0 Å². The summed E-state index contributed by atoms with van der Waals surface area (Å²) in [4.78, 5) is 22.0. The molecule has 1 atom stereocenters. The first kappa shape index (κ1) is 21.4. The molecule has 2 aromatic rings. The van der Waals surface area contributed by atoms with E-state index in [4.69, 9.17) is 10.5 Å². The van der Waals surface area contributed by atoms with Gasteiger partial charge in [0.25, 0.3) is 5.91 Å². The normalized spacial score (nSPS) is 16.2. The topological polar surface area (TPSA) is 137 Å². The molecule has 28 heavy (non-hydrogen) atoms. The fourth-order valence-corrected chi connectivity index (χ4v) is 2.53. The van der Waals surface area contributed by atoms with Crippen molar-refractivity contribution in [3.8, 4) is 0 Å². The highest BCUT2D eigenvalue weighted by molar-refractivity contribution is 6.02. The lowest BCUT2D eigenvalue weighted by molar-refractivity contribution is 0.0600. The molecular weight excluding hydrogens is 371 g/mol. The van der Waals surface area contributed by atoms with Crippen LogP contribution in [0.25, 0.3) is 0 Å². The van der Waals surface area contributed by atoms with Crippen LogP contribution in [0.15, 0.2) is 12.3 Å². The second kappa shape index (κ2) is 8.83. The van der Waals surface area contributed by atoms with Gasteiger partial charge < -0.3 is 20.5 Å². The predicted molar refractivity (Wildman–Crippen MR) is 98.1 cm³/mol. The highest BCUT2D eigenvalue weighted by Gasteiger charge is 2.22. The lowest BCUT2D eigenvalue weighted by atomic mass is 10.2. The summed E-state index contributed by atoms with van der Waals surface area (Å²) in [6.07, 6.45) is 2.19. The Balaban J connectivity index is 0.000000300. The molecule has 10 nitrogen and oxygen atoms in total. The van der Waals surface area contributed by atoms with Gasteiger partial charge in [0.2, 0.25) is 0 Å². The number of hydrogen-bond acceptors (Lipinski definition) is 6. The van der Waals surface area contributed by atoms with E-state index in [2.05, 4.69) is 25.3 Å². The molecule has 3 heterocycles. The van der Waals surface area contributed by atoms with Crippen molar-refractivity contribution in [1.82, 2.24) is 20.0 Å². The fraction of sp³-hybridized carbons (Fsp3) is 0.529.